The minimum absolute atomic E-state index is 0.0448. The first-order valence-electron chi connectivity index (χ1n) is 9.05. The van der Waals surface area contributed by atoms with Gasteiger partial charge in [-0.3, -0.25) is 4.79 Å². The molecule has 0 spiro atoms. The average Bonchev–Trinajstić information content (AvgIpc) is 2.68. The molecule has 0 aromatic heterocycles. The van der Waals surface area contributed by atoms with Crippen LogP contribution in [-0.4, -0.2) is 41.4 Å². The van der Waals surface area contributed by atoms with Crippen molar-refractivity contribution in [1.29, 1.82) is 0 Å². The Hall–Kier alpha value is -3.55. The molecule has 1 aromatic rings. The van der Waals surface area contributed by atoms with E-state index in [1.165, 1.54) is 0 Å². The van der Waals surface area contributed by atoms with Crippen molar-refractivity contribution in [1.82, 2.24) is 4.90 Å². The van der Waals surface area contributed by atoms with Gasteiger partial charge in [-0.05, 0) is 49.8 Å². The summed E-state index contributed by atoms with van der Waals surface area (Å²) in [6.07, 6.45) is 7.34. The maximum Gasteiger partial charge on any atom is 0.240 e. The number of benzene rings is 1. The van der Waals surface area contributed by atoms with Crippen LogP contribution in [0.1, 0.15) is 26.2 Å². The maximum absolute atomic E-state index is 12.2. The number of hydrogen-bond donors (Lipinski definition) is 1. The molecule has 1 aromatic carbocycles. The molecule has 1 amide bonds. The van der Waals surface area contributed by atoms with Crippen molar-refractivity contribution in [2.45, 2.75) is 26.2 Å². The summed E-state index contributed by atoms with van der Waals surface area (Å²) in [6, 6.07) is 7.25. The molecule has 0 aliphatic carbocycles. The van der Waals surface area contributed by atoms with E-state index in [0.717, 1.165) is 23.1 Å². The zero-order chi connectivity index (χ0) is 19.5. The highest BCUT2D eigenvalue weighted by Crippen LogP contribution is 2.23. The van der Waals surface area contributed by atoms with Crippen LogP contribution in [0.15, 0.2) is 68.3 Å². The van der Waals surface area contributed by atoms with Gasteiger partial charge in [-0.25, -0.2) is 14.9 Å². The molecule has 3 aliphatic heterocycles. The number of ether oxygens (including phenoxy) is 1. The van der Waals surface area contributed by atoms with Gasteiger partial charge in [0.05, 0.1) is 7.11 Å². The minimum atomic E-state index is -0.0448. The van der Waals surface area contributed by atoms with Gasteiger partial charge in [-0.2, -0.15) is 9.98 Å². The smallest absolute Gasteiger partial charge is 0.240 e. The molecule has 0 saturated carbocycles. The van der Waals surface area contributed by atoms with Gasteiger partial charge in [0.1, 0.15) is 29.1 Å². The maximum atomic E-state index is 12.2. The molecule has 0 bridgehead atoms. The first-order chi connectivity index (χ1) is 13.6. The fourth-order valence-electron chi connectivity index (χ4n) is 3.02. The number of guanidine groups is 1. The fourth-order valence-corrected chi connectivity index (χ4v) is 3.02. The zero-order valence-electron chi connectivity index (χ0n) is 15.7. The van der Waals surface area contributed by atoms with Crippen molar-refractivity contribution in [2.24, 2.45) is 20.0 Å². The predicted octanol–water partition coefficient (Wildman–Crippen LogP) is 3.12. The normalized spacial score (nSPS) is 16.9. The third-order valence-corrected chi connectivity index (χ3v) is 4.34. The zero-order valence-corrected chi connectivity index (χ0v) is 15.7. The summed E-state index contributed by atoms with van der Waals surface area (Å²) in [6.45, 7) is 1.84. The van der Waals surface area contributed by atoms with E-state index in [-0.39, 0.29) is 5.91 Å². The van der Waals surface area contributed by atoms with Gasteiger partial charge >= 0.3 is 0 Å². The summed E-state index contributed by atoms with van der Waals surface area (Å²) >= 11 is 0. The molecule has 0 saturated heterocycles. The van der Waals surface area contributed by atoms with Crippen molar-refractivity contribution >= 4 is 35.1 Å². The summed E-state index contributed by atoms with van der Waals surface area (Å²) in [4.78, 5) is 31.9. The molecule has 0 atom stereocenters. The van der Waals surface area contributed by atoms with Gasteiger partial charge in [-0.1, -0.05) is 6.08 Å². The topological polar surface area (TPSA) is 91.0 Å². The number of carbonyl (C=O) groups excluding carboxylic acids is 1. The number of methoxy groups -OCH3 is 1. The molecule has 1 N–H and O–H groups in total. The largest absolute Gasteiger partial charge is 0.497 e. The fraction of sp³-hybridized carbons (Fsp3) is 0.250. The van der Waals surface area contributed by atoms with Crippen LogP contribution in [0.3, 0.4) is 0 Å². The number of amidine groups is 3. The standard InChI is InChI=1S/C20H20N6O2/c1-13-21-17-6-4-7-18-24-16(25-20(22-13)26(17)18)5-3-8-19(27)23-14-9-11-15(28-2)12-10-14/h4,6-7,9-12H,3,5,8H2,1-2H3,(H,23,27). The summed E-state index contributed by atoms with van der Waals surface area (Å²) in [5.41, 5.74) is 0.745. The van der Waals surface area contributed by atoms with E-state index in [4.69, 9.17) is 4.74 Å². The van der Waals surface area contributed by atoms with Crippen molar-refractivity contribution in [3.8, 4) is 5.75 Å². The van der Waals surface area contributed by atoms with Gasteiger partial charge in [-0.15, -0.1) is 0 Å². The lowest BCUT2D eigenvalue weighted by Crippen LogP contribution is -2.41. The van der Waals surface area contributed by atoms with Crippen LogP contribution in [0.2, 0.25) is 0 Å². The lowest BCUT2D eigenvalue weighted by Gasteiger charge is -2.30. The molecule has 3 aliphatic rings. The molecule has 3 heterocycles. The molecule has 0 unspecified atom stereocenters. The second-order valence-electron chi connectivity index (χ2n) is 6.42. The van der Waals surface area contributed by atoms with Crippen LogP contribution in [0.4, 0.5) is 5.69 Å². The summed E-state index contributed by atoms with van der Waals surface area (Å²) in [5, 5.41) is 2.88. The number of nitrogens with one attached hydrogen (secondary N) is 1. The average molecular weight is 376 g/mol. The molecule has 142 valence electrons. The van der Waals surface area contributed by atoms with E-state index in [9.17, 15) is 4.79 Å². The Morgan fingerprint density at radius 1 is 1.14 bits per heavy atom. The van der Waals surface area contributed by atoms with E-state index in [1.807, 2.05) is 54.3 Å². The SMILES string of the molecule is COc1ccc(NC(=O)CCCC2=NC3=CC=CC4=NC(C)=NC(=N2)N34)cc1. The van der Waals surface area contributed by atoms with Crippen molar-refractivity contribution < 1.29 is 9.53 Å². The van der Waals surface area contributed by atoms with Crippen LogP contribution in [0.5, 0.6) is 5.75 Å². The second-order valence-corrected chi connectivity index (χ2v) is 6.42. The van der Waals surface area contributed by atoms with Gasteiger partial charge < -0.3 is 10.1 Å². The predicted molar refractivity (Wildman–Crippen MR) is 110 cm³/mol. The highest BCUT2D eigenvalue weighted by atomic mass is 16.5. The van der Waals surface area contributed by atoms with Crippen LogP contribution in [-0.2, 0) is 4.79 Å². The number of aliphatic imine (C=N–C) groups is 4. The van der Waals surface area contributed by atoms with E-state index < -0.39 is 0 Å². The molecule has 0 fully saturated rings. The quantitative estimate of drug-likeness (QED) is 0.827. The highest BCUT2D eigenvalue weighted by molar-refractivity contribution is 6.20. The van der Waals surface area contributed by atoms with Crippen molar-refractivity contribution in [2.75, 3.05) is 12.4 Å². The number of anilines is 1. The molecule has 8 nitrogen and oxygen atoms in total. The van der Waals surface area contributed by atoms with Gasteiger partial charge in [0.25, 0.3) is 0 Å². The molecule has 4 rings (SSSR count). The van der Waals surface area contributed by atoms with Crippen molar-refractivity contribution in [3.05, 3.63) is 48.3 Å². The van der Waals surface area contributed by atoms with Crippen LogP contribution in [0.25, 0.3) is 0 Å². The Bertz CT molecular complexity index is 982. The van der Waals surface area contributed by atoms with E-state index >= 15 is 0 Å². The number of rotatable bonds is 6. The summed E-state index contributed by atoms with van der Waals surface area (Å²) in [5.74, 6) is 4.13. The molecule has 8 heteroatoms. The number of amides is 1. The Morgan fingerprint density at radius 2 is 1.96 bits per heavy atom. The molecule has 0 radical (unpaired) electrons. The van der Waals surface area contributed by atoms with Gasteiger partial charge in [0.15, 0.2) is 0 Å². The van der Waals surface area contributed by atoms with Crippen LogP contribution >= 0.6 is 0 Å². The Kier molecular flexibility index (Phi) is 4.84. The number of nitrogens with zero attached hydrogens (tertiary/aromatic N) is 5. The van der Waals surface area contributed by atoms with E-state index in [0.29, 0.717) is 36.9 Å². The Morgan fingerprint density at radius 3 is 2.75 bits per heavy atom. The molecule has 28 heavy (non-hydrogen) atoms. The monoisotopic (exact) mass is 376 g/mol. The van der Waals surface area contributed by atoms with Crippen LogP contribution < -0.4 is 10.1 Å². The van der Waals surface area contributed by atoms with E-state index in [2.05, 4.69) is 25.3 Å². The van der Waals surface area contributed by atoms with E-state index in [1.54, 1.807) is 7.11 Å². The number of allylic oxidation sites excluding steroid dienone is 2. The number of hydrogen-bond acceptors (Lipinski definition) is 7. The second kappa shape index (κ2) is 7.59. The first kappa shape index (κ1) is 17.8. The Labute approximate surface area is 162 Å². The molecular formula is C20H20N6O2. The van der Waals surface area contributed by atoms with Gasteiger partial charge in [0.2, 0.25) is 11.9 Å². The highest BCUT2D eigenvalue weighted by Gasteiger charge is 2.29. The van der Waals surface area contributed by atoms with Gasteiger partial charge in [0, 0.05) is 18.5 Å². The molecular weight excluding hydrogens is 356 g/mol. The summed E-state index contributed by atoms with van der Waals surface area (Å²) in [7, 11) is 1.61. The number of carbonyl (C=O) groups is 1. The first-order valence-corrected chi connectivity index (χ1v) is 9.05. The third kappa shape index (κ3) is 3.75. The lowest BCUT2D eigenvalue weighted by molar-refractivity contribution is -0.116. The van der Waals surface area contributed by atoms with Crippen molar-refractivity contribution in [3.63, 3.8) is 0 Å². The third-order valence-electron chi connectivity index (χ3n) is 4.34. The van der Waals surface area contributed by atoms with Crippen LogP contribution in [0, 0.1) is 0 Å². The summed E-state index contributed by atoms with van der Waals surface area (Å²) < 4.78 is 5.11. The Balaban J connectivity index is 1.35. The minimum Gasteiger partial charge on any atom is -0.497 e. The lowest BCUT2D eigenvalue weighted by atomic mass is 10.2.